The first-order valence-electron chi connectivity index (χ1n) is 8.01. The third kappa shape index (κ3) is 4.32. The number of thiophene rings is 1. The maximum atomic E-state index is 13.1. The number of nitriles is 1. The fourth-order valence-electron chi connectivity index (χ4n) is 3.05. The summed E-state index contributed by atoms with van der Waals surface area (Å²) >= 11 is 1.43. The average Bonchev–Trinajstić information content (AvgIpc) is 3.21. The lowest BCUT2D eigenvalue weighted by atomic mass is 10.1. The van der Waals surface area contributed by atoms with Crippen LogP contribution in [0.5, 0.6) is 0 Å². The van der Waals surface area contributed by atoms with E-state index in [0.29, 0.717) is 17.5 Å². The number of sulfone groups is 1. The standard InChI is InChI=1S/C17H18N2O4S3/c18-10-14-4-1-2-5-15(14)12-26(22,23)19(11-17-6-3-8-24-17)16-7-9-25(20,21)13-16/h1-6,8,16H,7,9,11-13H2. The van der Waals surface area contributed by atoms with E-state index in [9.17, 15) is 22.1 Å². The van der Waals surface area contributed by atoms with Gasteiger partial charge in [-0.3, -0.25) is 0 Å². The number of benzene rings is 1. The normalized spacial score (nSPS) is 19.5. The Hall–Kier alpha value is -1.73. The molecule has 0 N–H and O–H groups in total. The van der Waals surface area contributed by atoms with Crippen LogP contribution in [0, 0.1) is 11.3 Å². The maximum Gasteiger partial charge on any atom is 0.218 e. The highest BCUT2D eigenvalue weighted by Gasteiger charge is 2.38. The number of sulfonamides is 1. The van der Waals surface area contributed by atoms with Crippen molar-refractivity contribution in [3.8, 4) is 6.07 Å². The molecule has 0 bridgehead atoms. The molecular formula is C17H18N2O4S3. The minimum Gasteiger partial charge on any atom is -0.229 e. The SMILES string of the molecule is N#Cc1ccccc1CS(=O)(=O)N(Cc1cccs1)C1CCS(=O)(=O)C1. The van der Waals surface area contributed by atoms with E-state index in [1.54, 1.807) is 24.3 Å². The van der Waals surface area contributed by atoms with Crippen molar-refractivity contribution in [3.05, 3.63) is 57.8 Å². The smallest absolute Gasteiger partial charge is 0.218 e. The predicted molar refractivity (Wildman–Crippen MR) is 101 cm³/mol. The lowest BCUT2D eigenvalue weighted by molar-refractivity contribution is 0.336. The fraction of sp³-hybridized carbons (Fsp3) is 0.353. The lowest BCUT2D eigenvalue weighted by Crippen LogP contribution is -2.41. The molecule has 138 valence electrons. The van der Waals surface area contributed by atoms with Crippen LogP contribution in [0.4, 0.5) is 0 Å². The van der Waals surface area contributed by atoms with E-state index in [0.717, 1.165) is 4.88 Å². The molecule has 1 aromatic carbocycles. The van der Waals surface area contributed by atoms with Crippen LogP contribution in [0.2, 0.25) is 0 Å². The van der Waals surface area contributed by atoms with Gasteiger partial charge in [0, 0.05) is 17.5 Å². The van der Waals surface area contributed by atoms with E-state index in [1.165, 1.54) is 15.6 Å². The first kappa shape index (κ1) is 19.0. The lowest BCUT2D eigenvalue weighted by Gasteiger charge is -2.27. The topological polar surface area (TPSA) is 95.3 Å². The number of rotatable bonds is 6. The molecule has 0 radical (unpaired) electrons. The van der Waals surface area contributed by atoms with E-state index in [2.05, 4.69) is 0 Å². The van der Waals surface area contributed by atoms with Gasteiger partial charge in [0.2, 0.25) is 10.0 Å². The van der Waals surface area contributed by atoms with Gasteiger partial charge < -0.3 is 0 Å². The first-order valence-corrected chi connectivity index (χ1v) is 12.3. The van der Waals surface area contributed by atoms with Crippen molar-refractivity contribution in [1.29, 1.82) is 5.26 Å². The Labute approximate surface area is 157 Å². The van der Waals surface area contributed by atoms with E-state index in [-0.39, 0.29) is 23.8 Å². The average molecular weight is 411 g/mol. The van der Waals surface area contributed by atoms with Crippen molar-refractivity contribution in [2.45, 2.75) is 24.8 Å². The summed E-state index contributed by atoms with van der Waals surface area (Å²) in [7, 11) is -7.01. The maximum absolute atomic E-state index is 13.1. The molecule has 2 aromatic rings. The molecule has 1 aliphatic heterocycles. The van der Waals surface area contributed by atoms with Crippen LogP contribution < -0.4 is 0 Å². The molecular weight excluding hydrogens is 392 g/mol. The Morgan fingerprint density at radius 1 is 1.23 bits per heavy atom. The molecule has 3 rings (SSSR count). The number of nitrogens with zero attached hydrogens (tertiary/aromatic N) is 2. The monoisotopic (exact) mass is 410 g/mol. The molecule has 0 amide bonds. The molecule has 1 aromatic heterocycles. The summed E-state index contributed by atoms with van der Waals surface area (Å²) in [5, 5.41) is 11.1. The van der Waals surface area contributed by atoms with Gasteiger partial charge in [-0.25, -0.2) is 16.8 Å². The summed E-state index contributed by atoms with van der Waals surface area (Å²) in [5.41, 5.74) is 0.734. The predicted octanol–water partition coefficient (Wildman–Crippen LogP) is 2.14. The van der Waals surface area contributed by atoms with Crippen molar-refractivity contribution < 1.29 is 16.8 Å². The zero-order chi connectivity index (χ0) is 18.8. The largest absolute Gasteiger partial charge is 0.229 e. The van der Waals surface area contributed by atoms with Gasteiger partial charge in [-0.1, -0.05) is 24.3 Å². The van der Waals surface area contributed by atoms with Gasteiger partial charge in [-0.15, -0.1) is 11.3 Å². The van der Waals surface area contributed by atoms with E-state index < -0.39 is 25.9 Å². The Balaban J connectivity index is 1.93. The van der Waals surface area contributed by atoms with Gasteiger partial charge in [0.25, 0.3) is 0 Å². The van der Waals surface area contributed by atoms with Gasteiger partial charge in [0.05, 0.1) is 28.9 Å². The molecule has 26 heavy (non-hydrogen) atoms. The van der Waals surface area contributed by atoms with Crippen LogP contribution in [0.1, 0.15) is 22.4 Å². The minimum atomic E-state index is -3.79. The van der Waals surface area contributed by atoms with Crippen LogP contribution in [-0.4, -0.2) is 38.7 Å². The van der Waals surface area contributed by atoms with Crippen LogP contribution in [0.25, 0.3) is 0 Å². The molecule has 1 atom stereocenters. The fourth-order valence-corrected chi connectivity index (χ4v) is 7.44. The summed E-state index contributed by atoms with van der Waals surface area (Å²) in [6, 6.07) is 11.7. The molecule has 0 aliphatic carbocycles. The van der Waals surface area contributed by atoms with Crippen LogP contribution in [-0.2, 0) is 32.2 Å². The molecule has 2 heterocycles. The zero-order valence-corrected chi connectivity index (χ0v) is 16.4. The van der Waals surface area contributed by atoms with Crippen LogP contribution in [0.15, 0.2) is 41.8 Å². The van der Waals surface area contributed by atoms with Crippen molar-refractivity contribution in [1.82, 2.24) is 4.31 Å². The van der Waals surface area contributed by atoms with E-state index in [4.69, 9.17) is 0 Å². The third-order valence-corrected chi connectivity index (χ3v) is 8.77. The van der Waals surface area contributed by atoms with Crippen molar-refractivity contribution in [3.63, 3.8) is 0 Å². The van der Waals surface area contributed by atoms with E-state index in [1.807, 2.05) is 23.6 Å². The highest BCUT2D eigenvalue weighted by atomic mass is 32.2. The molecule has 1 unspecified atom stereocenters. The molecule has 1 fully saturated rings. The van der Waals surface area contributed by atoms with Gasteiger partial charge in [0.15, 0.2) is 9.84 Å². The molecule has 1 saturated heterocycles. The summed E-state index contributed by atoms with van der Waals surface area (Å²) in [5.74, 6) is -0.473. The van der Waals surface area contributed by atoms with E-state index >= 15 is 0 Å². The third-order valence-electron chi connectivity index (χ3n) is 4.34. The van der Waals surface area contributed by atoms with Gasteiger partial charge in [0.1, 0.15) is 0 Å². The Bertz CT molecular complexity index is 1020. The number of hydrogen-bond donors (Lipinski definition) is 0. The van der Waals surface area contributed by atoms with Crippen LogP contribution >= 0.6 is 11.3 Å². The Morgan fingerprint density at radius 2 is 2.00 bits per heavy atom. The zero-order valence-electron chi connectivity index (χ0n) is 13.9. The Morgan fingerprint density at radius 3 is 2.62 bits per heavy atom. The van der Waals surface area contributed by atoms with Crippen molar-refractivity contribution in [2.75, 3.05) is 11.5 Å². The molecule has 0 spiro atoms. The second-order valence-electron chi connectivity index (χ2n) is 6.21. The summed E-state index contributed by atoms with van der Waals surface area (Å²) < 4.78 is 51.3. The highest BCUT2D eigenvalue weighted by molar-refractivity contribution is 7.92. The van der Waals surface area contributed by atoms with Gasteiger partial charge in [-0.05, 0) is 29.5 Å². The van der Waals surface area contributed by atoms with Gasteiger partial charge in [-0.2, -0.15) is 9.57 Å². The van der Waals surface area contributed by atoms with Crippen molar-refractivity contribution >= 4 is 31.2 Å². The first-order chi connectivity index (χ1) is 12.3. The molecule has 1 aliphatic rings. The quantitative estimate of drug-likeness (QED) is 0.727. The highest BCUT2D eigenvalue weighted by Crippen LogP contribution is 2.26. The van der Waals surface area contributed by atoms with Gasteiger partial charge >= 0.3 is 0 Å². The summed E-state index contributed by atoms with van der Waals surface area (Å²) in [6.45, 7) is 0.148. The summed E-state index contributed by atoms with van der Waals surface area (Å²) in [4.78, 5) is 0.853. The molecule has 6 nitrogen and oxygen atoms in total. The second-order valence-corrected chi connectivity index (χ2v) is 11.4. The molecule has 0 saturated carbocycles. The molecule has 9 heteroatoms. The minimum absolute atomic E-state index is 0.00289. The van der Waals surface area contributed by atoms with Crippen LogP contribution in [0.3, 0.4) is 0 Å². The Kier molecular flexibility index (Phi) is 5.48. The van der Waals surface area contributed by atoms with Crippen molar-refractivity contribution in [2.24, 2.45) is 0 Å². The summed E-state index contributed by atoms with van der Waals surface area (Å²) in [6.07, 6.45) is 0.298. The second kappa shape index (κ2) is 7.48. The number of hydrogen-bond acceptors (Lipinski definition) is 6.